The summed E-state index contributed by atoms with van der Waals surface area (Å²) in [5.74, 6) is -1.20. The van der Waals surface area contributed by atoms with Gasteiger partial charge in [-0.1, -0.05) is 30.3 Å². The normalized spacial score (nSPS) is 16.0. The number of pyridine rings is 1. The minimum absolute atomic E-state index is 0.0617. The number of hydrogen-bond donors (Lipinski definition) is 1. The van der Waals surface area contributed by atoms with E-state index in [4.69, 9.17) is 15.2 Å². The molecular formula is C21H17FN2O3. The van der Waals surface area contributed by atoms with Crippen molar-refractivity contribution in [3.8, 4) is 5.75 Å². The third-order valence-electron chi connectivity index (χ3n) is 4.51. The van der Waals surface area contributed by atoms with Crippen LogP contribution in [0, 0.1) is 5.82 Å². The summed E-state index contributed by atoms with van der Waals surface area (Å²) in [5.41, 5.74) is 8.17. The lowest BCUT2D eigenvalue weighted by molar-refractivity contribution is -0.139. The number of aromatic nitrogens is 1. The Morgan fingerprint density at radius 1 is 1.26 bits per heavy atom. The maximum atomic E-state index is 13.9. The highest BCUT2D eigenvalue weighted by Crippen LogP contribution is 2.45. The molecule has 1 aromatic heterocycles. The molecule has 1 atom stereocenters. The second-order valence-corrected chi connectivity index (χ2v) is 6.15. The number of hydrogen-bond acceptors (Lipinski definition) is 5. The van der Waals surface area contributed by atoms with Crippen molar-refractivity contribution in [3.05, 3.63) is 83.1 Å². The molecule has 0 spiro atoms. The van der Waals surface area contributed by atoms with Gasteiger partial charge >= 0.3 is 5.97 Å². The van der Waals surface area contributed by atoms with Gasteiger partial charge in [-0.2, -0.15) is 0 Å². The van der Waals surface area contributed by atoms with Gasteiger partial charge in [-0.25, -0.2) is 9.18 Å². The van der Waals surface area contributed by atoms with Crippen LogP contribution >= 0.6 is 0 Å². The average molecular weight is 364 g/mol. The number of halogens is 1. The van der Waals surface area contributed by atoms with Crippen molar-refractivity contribution in [3.63, 3.8) is 0 Å². The third kappa shape index (κ3) is 2.89. The van der Waals surface area contributed by atoms with E-state index in [9.17, 15) is 9.18 Å². The fourth-order valence-electron chi connectivity index (χ4n) is 3.39. The van der Waals surface area contributed by atoms with E-state index in [1.165, 1.54) is 12.1 Å². The Balaban J connectivity index is 1.98. The Hall–Kier alpha value is -3.41. The second kappa shape index (κ2) is 6.72. The lowest BCUT2D eigenvalue weighted by Gasteiger charge is -2.29. The Morgan fingerprint density at radius 2 is 2.11 bits per heavy atom. The van der Waals surface area contributed by atoms with Crippen LogP contribution in [0.15, 0.2) is 66.2 Å². The van der Waals surface area contributed by atoms with Crippen LogP contribution in [0.2, 0.25) is 0 Å². The predicted molar refractivity (Wildman–Crippen MR) is 98.5 cm³/mol. The summed E-state index contributed by atoms with van der Waals surface area (Å²) in [7, 11) is 0. The Labute approximate surface area is 155 Å². The summed E-state index contributed by atoms with van der Waals surface area (Å²) >= 11 is 0. The Bertz CT molecular complexity index is 1080. The molecule has 6 heteroatoms. The third-order valence-corrected chi connectivity index (χ3v) is 4.51. The van der Waals surface area contributed by atoms with Crippen molar-refractivity contribution in [2.45, 2.75) is 12.8 Å². The van der Waals surface area contributed by atoms with E-state index >= 15 is 0 Å². The van der Waals surface area contributed by atoms with Gasteiger partial charge < -0.3 is 15.2 Å². The number of benzene rings is 2. The Kier molecular flexibility index (Phi) is 4.24. The predicted octanol–water partition coefficient (Wildman–Crippen LogP) is 3.63. The van der Waals surface area contributed by atoms with E-state index in [1.807, 2.05) is 24.3 Å². The van der Waals surface area contributed by atoms with Crippen molar-refractivity contribution in [2.75, 3.05) is 6.61 Å². The quantitative estimate of drug-likeness (QED) is 0.719. The van der Waals surface area contributed by atoms with Gasteiger partial charge in [0.05, 0.1) is 12.5 Å². The van der Waals surface area contributed by atoms with Crippen LogP contribution in [0.5, 0.6) is 5.75 Å². The number of nitrogens with zero attached hydrogens (tertiary/aromatic N) is 1. The molecule has 5 nitrogen and oxygen atoms in total. The van der Waals surface area contributed by atoms with Crippen LogP contribution in [0.3, 0.4) is 0 Å². The van der Waals surface area contributed by atoms with E-state index in [-0.39, 0.29) is 18.1 Å². The van der Waals surface area contributed by atoms with Gasteiger partial charge in [-0.3, -0.25) is 4.98 Å². The van der Waals surface area contributed by atoms with Gasteiger partial charge in [-0.15, -0.1) is 0 Å². The van der Waals surface area contributed by atoms with Gasteiger partial charge in [0.1, 0.15) is 16.9 Å². The topological polar surface area (TPSA) is 74.4 Å². The van der Waals surface area contributed by atoms with Crippen molar-refractivity contribution in [1.82, 2.24) is 4.98 Å². The van der Waals surface area contributed by atoms with Gasteiger partial charge in [0.15, 0.2) is 5.75 Å². The zero-order valence-corrected chi connectivity index (χ0v) is 14.6. The minimum atomic E-state index is -0.616. The SMILES string of the molecule is CCOC(=O)C1=C(N)Oc2c(ccc3cccnc23)[C@H]1c1cccc(F)c1. The zero-order valence-electron chi connectivity index (χ0n) is 14.6. The molecule has 136 valence electrons. The second-order valence-electron chi connectivity index (χ2n) is 6.15. The van der Waals surface area contributed by atoms with Crippen molar-refractivity contribution in [2.24, 2.45) is 5.73 Å². The first-order valence-electron chi connectivity index (χ1n) is 8.58. The molecule has 3 aromatic rings. The van der Waals surface area contributed by atoms with E-state index in [0.717, 1.165) is 5.39 Å². The van der Waals surface area contributed by atoms with E-state index < -0.39 is 17.7 Å². The summed E-state index contributed by atoms with van der Waals surface area (Å²) in [4.78, 5) is 17.0. The lowest BCUT2D eigenvalue weighted by atomic mass is 9.82. The summed E-state index contributed by atoms with van der Waals surface area (Å²) in [6.07, 6.45) is 1.66. The first-order valence-corrected chi connectivity index (χ1v) is 8.58. The van der Waals surface area contributed by atoms with Crippen molar-refractivity contribution >= 4 is 16.9 Å². The molecule has 0 saturated heterocycles. The maximum absolute atomic E-state index is 13.9. The molecule has 0 unspecified atom stereocenters. The van der Waals surface area contributed by atoms with E-state index in [0.29, 0.717) is 22.4 Å². The highest BCUT2D eigenvalue weighted by Gasteiger charge is 2.36. The number of ether oxygens (including phenoxy) is 2. The average Bonchev–Trinajstić information content (AvgIpc) is 2.67. The molecule has 0 saturated carbocycles. The monoisotopic (exact) mass is 364 g/mol. The summed E-state index contributed by atoms with van der Waals surface area (Å²) in [5, 5.41) is 0.877. The highest BCUT2D eigenvalue weighted by atomic mass is 19.1. The standard InChI is InChI=1S/C21H17FN2O3/c1-2-26-21(25)17-16(13-5-3-7-14(22)11-13)15-9-8-12-6-4-10-24-18(12)19(15)27-20(17)23/h3-11,16H,2,23H2,1H3/t16-/m1/s1. The molecule has 4 rings (SSSR count). The van der Waals surface area contributed by atoms with Crippen LogP contribution in [0.25, 0.3) is 10.9 Å². The molecule has 0 bridgehead atoms. The van der Waals surface area contributed by atoms with Crippen molar-refractivity contribution < 1.29 is 18.7 Å². The first-order chi connectivity index (χ1) is 13.1. The number of carbonyl (C=O) groups excluding carboxylic acids is 1. The molecule has 27 heavy (non-hydrogen) atoms. The van der Waals surface area contributed by atoms with E-state index in [1.54, 1.807) is 25.3 Å². The molecule has 2 heterocycles. The van der Waals surface area contributed by atoms with Crippen LogP contribution < -0.4 is 10.5 Å². The number of nitrogens with two attached hydrogens (primary N) is 1. The number of rotatable bonds is 3. The van der Waals surface area contributed by atoms with Gasteiger partial charge in [0.2, 0.25) is 5.88 Å². The molecule has 2 aromatic carbocycles. The minimum Gasteiger partial charge on any atom is -0.462 e. The largest absolute Gasteiger partial charge is 0.462 e. The summed E-state index contributed by atoms with van der Waals surface area (Å²) in [6, 6.07) is 13.5. The van der Waals surface area contributed by atoms with Gasteiger partial charge in [-0.05, 0) is 30.7 Å². The summed E-state index contributed by atoms with van der Waals surface area (Å²) < 4.78 is 24.9. The molecule has 2 N–H and O–H groups in total. The highest BCUT2D eigenvalue weighted by molar-refractivity contribution is 5.95. The molecule has 0 amide bonds. The van der Waals surface area contributed by atoms with Crippen LogP contribution in [-0.4, -0.2) is 17.6 Å². The fraction of sp³-hybridized carbons (Fsp3) is 0.143. The van der Waals surface area contributed by atoms with Crippen LogP contribution in [0.4, 0.5) is 4.39 Å². The van der Waals surface area contributed by atoms with Crippen LogP contribution in [0.1, 0.15) is 24.0 Å². The van der Waals surface area contributed by atoms with Gasteiger partial charge in [0, 0.05) is 17.1 Å². The molecule has 0 fully saturated rings. The molecular weight excluding hydrogens is 347 g/mol. The Morgan fingerprint density at radius 3 is 2.89 bits per heavy atom. The molecule has 0 aliphatic carbocycles. The molecule has 1 aliphatic rings. The zero-order chi connectivity index (χ0) is 19.0. The molecule has 0 radical (unpaired) electrons. The van der Waals surface area contributed by atoms with Crippen LogP contribution in [-0.2, 0) is 9.53 Å². The maximum Gasteiger partial charge on any atom is 0.340 e. The summed E-state index contributed by atoms with van der Waals surface area (Å²) in [6.45, 7) is 1.90. The smallest absolute Gasteiger partial charge is 0.340 e. The van der Waals surface area contributed by atoms with Crippen molar-refractivity contribution in [1.29, 1.82) is 0 Å². The van der Waals surface area contributed by atoms with E-state index in [2.05, 4.69) is 4.98 Å². The lowest BCUT2D eigenvalue weighted by Crippen LogP contribution is -2.27. The fourth-order valence-corrected chi connectivity index (χ4v) is 3.39. The molecule has 1 aliphatic heterocycles. The number of esters is 1. The number of fused-ring (bicyclic) bond motifs is 3. The first kappa shape index (κ1) is 17.0. The van der Waals surface area contributed by atoms with Gasteiger partial charge in [0.25, 0.3) is 0 Å². The number of carbonyl (C=O) groups is 1.